The van der Waals surface area contributed by atoms with Crippen molar-refractivity contribution in [2.24, 2.45) is 0 Å². The van der Waals surface area contributed by atoms with E-state index in [-0.39, 0.29) is 35.2 Å². The molecule has 0 saturated heterocycles. The van der Waals surface area contributed by atoms with Crippen LogP contribution in [0.4, 0.5) is 5.69 Å². The first kappa shape index (κ1) is 18.3. The molecule has 0 heterocycles. The summed E-state index contributed by atoms with van der Waals surface area (Å²) in [6.07, 6.45) is 0.670. The number of hydrogen-bond donors (Lipinski definition) is 1. The molecule has 2 N–H and O–H groups in total. The number of hydrogen-bond acceptors (Lipinski definition) is 5. The maximum atomic E-state index is 11.2. The SMILES string of the molecule is Nc1c(-c2cccc(C=O)c2)cc(Br)cc1S(=O)(=O)[O-].[Na+]. The van der Waals surface area contributed by atoms with Crippen LogP contribution in [0.15, 0.2) is 45.8 Å². The van der Waals surface area contributed by atoms with Crippen molar-refractivity contribution >= 4 is 38.0 Å². The van der Waals surface area contributed by atoms with Gasteiger partial charge in [-0.1, -0.05) is 34.1 Å². The fourth-order valence-corrected chi connectivity index (χ4v) is 3.08. The van der Waals surface area contributed by atoms with Gasteiger partial charge in [0.05, 0.1) is 10.6 Å². The molecule has 2 aromatic carbocycles. The molecule has 0 aliphatic heterocycles. The van der Waals surface area contributed by atoms with Crippen LogP contribution in [0.1, 0.15) is 10.4 Å². The van der Waals surface area contributed by atoms with E-state index in [1.165, 1.54) is 0 Å². The summed E-state index contributed by atoms with van der Waals surface area (Å²) in [6.45, 7) is 0. The third kappa shape index (κ3) is 4.15. The number of aldehydes is 1. The molecule has 0 unspecified atom stereocenters. The Hall–Kier alpha value is -0.700. The van der Waals surface area contributed by atoms with Gasteiger partial charge in [-0.15, -0.1) is 0 Å². The van der Waals surface area contributed by atoms with E-state index < -0.39 is 15.0 Å². The summed E-state index contributed by atoms with van der Waals surface area (Å²) >= 11 is 3.14. The maximum absolute atomic E-state index is 11.2. The molecule has 0 aliphatic carbocycles. The number of benzene rings is 2. The molecule has 0 aromatic heterocycles. The summed E-state index contributed by atoms with van der Waals surface area (Å²) in [6, 6.07) is 9.23. The Morgan fingerprint density at radius 1 is 1.19 bits per heavy atom. The Bertz CT molecular complexity index is 793. The van der Waals surface area contributed by atoms with Crippen molar-refractivity contribution in [3.05, 3.63) is 46.4 Å². The molecule has 2 aromatic rings. The van der Waals surface area contributed by atoms with Gasteiger partial charge in [-0.3, -0.25) is 4.79 Å². The number of nitrogens with two attached hydrogens (primary N) is 1. The molecule has 0 radical (unpaired) electrons. The number of carbonyl (C=O) groups is 1. The molecule has 0 bridgehead atoms. The van der Waals surface area contributed by atoms with Crippen LogP contribution in [-0.2, 0) is 10.1 Å². The summed E-state index contributed by atoms with van der Waals surface area (Å²) in [7, 11) is -4.68. The third-order valence-corrected chi connectivity index (χ3v) is 4.04. The van der Waals surface area contributed by atoms with E-state index in [2.05, 4.69) is 15.9 Å². The molecule has 8 heteroatoms. The molecule has 0 aliphatic rings. The molecule has 0 atom stereocenters. The second kappa shape index (κ2) is 7.04. The van der Waals surface area contributed by atoms with Gasteiger partial charge in [0.1, 0.15) is 16.4 Å². The van der Waals surface area contributed by atoms with Gasteiger partial charge < -0.3 is 10.3 Å². The summed E-state index contributed by atoms with van der Waals surface area (Å²) in [5.74, 6) is 0. The average Bonchev–Trinajstić information content (AvgIpc) is 2.40. The molecular formula is C13H9BrNNaO4S. The predicted octanol–water partition coefficient (Wildman–Crippen LogP) is -0.581. The monoisotopic (exact) mass is 377 g/mol. The van der Waals surface area contributed by atoms with E-state index >= 15 is 0 Å². The second-order valence-corrected chi connectivity index (χ2v) is 6.33. The average molecular weight is 378 g/mol. The zero-order valence-electron chi connectivity index (χ0n) is 11.0. The third-order valence-electron chi connectivity index (χ3n) is 2.71. The number of anilines is 1. The summed E-state index contributed by atoms with van der Waals surface area (Å²) in [4.78, 5) is 10.3. The Balaban J connectivity index is 0.00000220. The topological polar surface area (TPSA) is 100 Å². The Morgan fingerprint density at radius 3 is 2.43 bits per heavy atom. The van der Waals surface area contributed by atoms with Crippen LogP contribution in [0.5, 0.6) is 0 Å². The van der Waals surface area contributed by atoms with Crippen LogP contribution in [0, 0.1) is 0 Å². The predicted molar refractivity (Wildman–Crippen MR) is 77.3 cm³/mol. The van der Waals surface area contributed by atoms with E-state index in [0.29, 0.717) is 27.4 Å². The van der Waals surface area contributed by atoms with Gasteiger partial charge in [0.25, 0.3) is 0 Å². The molecular weight excluding hydrogens is 369 g/mol. The van der Waals surface area contributed by atoms with Gasteiger partial charge in [-0.05, 0) is 23.8 Å². The smallest absolute Gasteiger partial charge is 0.744 e. The van der Waals surface area contributed by atoms with E-state index in [4.69, 9.17) is 5.73 Å². The van der Waals surface area contributed by atoms with E-state index in [9.17, 15) is 17.8 Å². The van der Waals surface area contributed by atoms with Crippen molar-refractivity contribution in [1.29, 1.82) is 0 Å². The number of rotatable bonds is 3. The quantitative estimate of drug-likeness (QED) is 0.333. The van der Waals surface area contributed by atoms with Crippen LogP contribution < -0.4 is 35.3 Å². The Labute approximate surface area is 152 Å². The molecule has 0 fully saturated rings. The van der Waals surface area contributed by atoms with Crippen molar-refractivity contribution < 1.29 is 47.3 Å². The van der Waals surface area contributed by atoms with Crippen LogP contribution >= 0.6 is 15.9 Å². The second-order valence-electron chi connectivity index (χ2n) is 4.06. The molecule has 0 amide bonds. The van der Waals surface area contributed by atoms with Gasteiger partial charge in [-0.25, -0.2) is 8.42 Å². The van der Waals surface area contributed by atoms with Crippen molar-refractivity contribution in [1.82, 2.24) is 0 Å². The Kier molecular flexibility index (Phi) is 6.15. The summed E-state index contributed by atoms with van der Waals surface area (Å²) < 4.78 is 34.0. The molecule has 0 saturated carbocycles. The standard InChI is InChI=1S/C13H10BrNO4S.Na/c14-10-5-11(9-3-1-2-8(4-9)7-16)13(15)12(6-10)20(17,18)19;/h1-7H,15H2,(H,17,18,19);/q;+1/p-1. The molecule has 104 valence electrons. The maximum Gasteiger partial charge on any atom is 1.00 e. The number of carbonyl (C=O) groups excluding carboxylic acids is 1. The first-order valence-corrected chi connectivity index (χ1v) is 7.63. The molecule has 21 heavy (non-hydrogen) atoms. The fourth-order valence-electron chi connectivity index (χ4n) is 1.82. The van der Waals surface area contributed by atoms with E-state index in [1.54, 1.807) is 30.3 Å². The fraction of sp³-hybridized carbons (Fsp3) is 0. The van der Waals surface area contributed by atoms with Gasteiger partial charge in [0.2, 0.25) is 0 Å². The minimum absolute atomic E-state index is 0. The van der Waals surface area contributed by atoms with Crippen molar-refractivity contribution in [2.75, 3.05) is 5.73 Å². The number of halogens is 1. The molecule has 0 spiro atoms. The van der Waals surface area contributed by atoms with Crippen molar-refractivity contribution in [3.63, 3.8) is 0 Å². The van der Waals surface area contributed by atoms with Crippen molar-refractivity contribution in [2.45, 2.75) is 4.90 Å². The van der Waals surface area contributed by atoms with Crippen LogP contribution in [0.2, 0.25) is 0 Å². The molecule has 2 rings (SSSR count). The molecule has 5 nitrogen and oxygen atoms in total. The van der Waals surface area contributed by atoms with E-state index in [0.717, 1.165) is 6.07 Å². The van der Waals surface area contributed by atoms with Crippen LogP contribution in [0.3, 0.4) is 0 Å². The number of nitrogen functional groups attached to an aromatic ring is 1. The summed E-state index contributed by atoms with van der Waals surface area (Å²) in [5.41, 5.74) is 6.99. The first-order chi connectivity index (χ1) is 9.32. The normalized spacial score (nSPS) is 10.8. The van der Waals surface area contributed by atoms with Gasteiger partial charge >= 0.3 is 29.6 Å². The van der Waals surface area contributed by atoms with E-state index in [1.807, 2.05) is 0 Å². The van der Waals surface area contributed by atoms with Gasteiger partial charge in [0.15, 0.2) is 0 Å². The zero-order valence-corrected chi connectivity index (χ0v) is 15.4. The Morgan fingerprint density at radius 2 is 1.86 bits per heavy atom. The largest absolute Gasteiger partial charge is 1.00 e. The van der Waals surface area contributed by atoms with Crippen LogP contribution in [0.25, 0.3) is 11.1 Å². The minimum atomic E-state index is -4.68. The summed E-state index contributed by atoms with van der Waals surface area (Å²) in [5, 5.41) is 0. The van der Waals surface area contributed by atoms with Gasteiger partial charge in [0, 0.05) is 15.6 Å². The minimum Gasteiger partial charge on any atom is -0.744 e. The van der Waals surface area contributed by atoms with Crippen molar-refractivity contribution in [3.8, 4) is 11.1 Å². The van der Waals surface area contributed by atoms with Gasteiger partial charge in [-0.2, -0.15) is 0 Å². The zero-order chi connectivity index (χ0) is 14.9. The van der Waals surface area contributed by atoms with Crippen LogP contribution in [-0.4, -0.2) is 19.3 Å². The first-order valence-electron chi connectivity index (χ1n) is 5.43.